The Bertz CT molecular complexity index is 238. The second-order valence-electron chi connectivity index (χ2n) is 3.43. The summed E-state index contributed by atoms with van der Waals surface area (Å²) in [5.74, 6) is -1.03. The highest BCUT2D eigenvalue weighted by Gasteiger charge is 2.18. The highest BCUT2D eigenvalue weighted by Crippen LogP contribution is 1.96. The van der Waals surface area contributed by atoms with Gasteiger partial charge in [-0.1, -0.05) is 0 Å². The number of nitrogens with zero attached hydrogens (tertiary/aromatic N) is 1. The largest absolute Gasteiger partial charge is 0.480 e. The summed E-state index contributed by atoms with van der Waals surface area (Å²) in [5, 5.41) is 11.2. The van der Waals surface area contributed by atoms with Gasteiger partial charge in [-0.15, -0.1) is 0 Å². The number of carbonyl (C=O) groups is 2. The molecule has 6 heteroatoms. The number of hydrogen-bond donors (Lipinski definition) is 2. The Morgan fingerprint density at radius 1 is 1.47 bits per heavy atom. The molecule has 1 rings (SSSR count). The van der Waals surface area contributed by atoms with E-state index in [9.17, 15) is 9.59 Å². The molecule has 1 heterocycles. The molecule has 6 nitrogen and oxygen atoms in total. The fourth-order valence-electron chi connectivity index (χ4n) is 1.25. The van der Waals surface area contributed by atoms with Crippen LogP contribution in [0.25, 0.3) is 0 Å². The Kier molecular flexibility index (Phi) is 4.51. The van der Waals surface area contributed by atoms with Gasteiger partial charge in [-0.25, -0.2) is 0 Å². The normalized spacial score (nSPS) is 18.6. The zero-order valence-corrected chi connectivity index (χ0v) is 8.73. The van der Waals surface area contributed by atoms with Crippen molar-refractivity contribution in [3.05, 3.63) is 0 Å². The number of carboxylic acids is 1. The Morgan fingerprint density at radius 3 is 2.60 bits per heavy atom. The summed E-state index contributed by atoms with van der Waals surface area (Å²) in [6.07, 6.45) is 0. The molecule has 0 aliphatic carbocycles. The van der Waals surface area contributed by atoms with Crippen LogP contribution in [0.5, 0.6) is 0 Å². The summed E-state index contributed by atoms with van der Waals surface area (Å²) in [4.78, 5) is 23.7. The summed E-state index contributed by atoms with van der Waals surface area (Å²) >= 11 is 0. The van der Waals surface area contributed by atoms with Crippen molar-refractivity contribution in [2.24, 2.45) is 0 Å². The van der Waals surface area contributed by atoms with E-state index >= 15 is 0 Å². The molecule has 1 fully saturated rings. The molecule has 86 valence electrons. The number of hydrogen-bond acceptors (Lipinski definition) is 4. The van der Waals surface area contributed by atoms with Crippen molar-refractivity contribution < 1.29 is 19.4 Å². The van der Waals surface area contributed by atoms with Crippen molar-refractivity contribution in [1.82, 2.24) is 10.2 Å². The fourth-order valence-corrected chi connectivity index (χ4v) is 1.25. The van der Waals surface area contributed by atoms with Crippen LogP contribution >= 0.6 is 0 Å². The van der Waals surface area contributed by atoms with E-state index in [0.29, 0.717) is 26.3 Å². The van der Waals surface area contributed by atoms with Gasteiger partial charge in [-0.2, -0.15) is 0 Å². The first-order chi connectivity index (χ1) is 7.11. The molecule has 15 heavy (non-hydrogen) atoms. The maximum absolute atomic E-state index is 11.5. The maximum atomic E-state index is 11.5. The summed E-state index contributed by atoms with van der Waals surface area (Å²) in [5.41, 5.74) is 0. The monoisotopic (exact) mass is 216 g/mol. The predicted molar refractivity (Wildman–Crippen MR) is 52.5 cm³/mol. The molecule has 1 aliphatic heterocycles. The summed E-state index contributed by atoms with van der Waals surface area (Å²) in [6, 6.07) is -0.699. The second kappa shape index (κ2) is 5.67. The molecule has 0 unspecified atom stereocenters. The number of carbonyl (C=O) groups excluding carboxylic acids is 1. The second-order valence-corrected chi connectivity index (χ2v) is 3.43. The SMILES string of the molecule is C[C@@H](NCC(=O)N1CCOCC1)C(=O)O. The van der Waals surface area contributed by atoms with Gasteiger partial charge in [0.05, 0.1) is 19.8 Å². The molecule has 0 radical (unpaired) electrons. The minimum absolute atomic E-state index is 0.0630. The average molecular weight is 216 g/mol. The molecule has 0 aromatic heterocycles. The number of nitrogens with one attached hydrogen (secondary N) is 1. The van der Waals surface area contributed by atoms with Gasteiger partial charge in [0.25, 0.3) is 0 Å². The number of aliphatic carboxylic acids is 1. The van der Waals surface area contributed by atoms with Gasteiger partial charge >= 0.3 is 5.97 Å². The molecule has 1 saturated heterocycles. The van der Waals surface area contributed by atoms with Gasteiger partial charge in [0.1, 0.15) is 6.04 Å². The van der Waals surface area contributed by atoms with Crippen molar-refractivity contribution in [2.75, 3.05) is 32.8 Å². The van der Waals surface area contributed by atoms with Crippen LogP contribution in [-0.2, 0) is 14.3 Å². The third-order valence-corrected chi connectivity index (χ3v) is 2.29. The maximum Gasteiger partial charge on any atom is 0.320 e. The van der Waals surface area contributed by atoms with E-state index in [1.54, 1.807) is 4.90 Å². The average Bonchev–Trinajstić information content (AvgIpc) is 2.26. The van der Waals surface area contributed by atoms with Gasteiger partial charge in [0, 0.05) is 13.1 Å². The van der Waals surface area contributed by atoms with Crippen molar-refractivity contribution in [1.29, 1.82) is 0 Å². The predicted octanol–water partition coefficient (Wildman–Crippen LogP) is -1.09. The molecule has 1 atom stereocenters. The van der Waals surface area contributed by atoms with Crippen LogP contribution < -0.4 is 5.32 Å². The van der Waals surface area contributed by atoms with Gasteiger partial charge in [0.2, 0.25) is 5.91 Å². The van der Waals surface area contributed by atoms with Crippen LogP contribution in [-0.4, -0.2) is 60.8 Å². The van der Waals surface area contributed by atoms with E-state index in [-0.39, 0.29) is 12.5 Å². The lowest BCUT2D eigenvalue weighted by molar-refractivity contribution is -0.139. The fraction of sp³-hybridized carbons (Fsp3) is 0.778. The van der Waals surface area contributed by atoms with E-state index in [0.717, 1.165) is 0 Å². The minimum atomic E-state index is -0.954. The van der Waals surface area contributed by atoms with Gasteiger partial charge in [0.15, 0.2) is 0 Å². The molecule has 0 aromatic rings. The van der Waals surface area contributed by atoms with Crippen molar-refractivity contribution in [3.63, 3.8) is 0 Å². The molecule has 0 aromatic carbocycles. The molecular formula is C9H16N2O4. The number of ether oxygens (including phenoxy) is 1. The molecule has 2 N–H and O–H groups in total. The van der Waals surface area contributed by atoms with Crippen LogP contribution in [0, 0.1) is 0 Å². The molecule has 0 spiro atoms. The molecule has 1 aliphatic rings. The Balaban J connectivity index is 2.25. The van der Waals surface area contributed by atoms with Crippen molar-refractivity contribution >= 4 is 11.9 Å². The number of amides is 1. The lowest BCUT2D eigenvalue weighted by Crippen LogP contribution is -2.47. The third kappa shape index (κ3) is 3.85. The van der Waals surface area contributed by atoms with Crippen LogP contribution in [0.15, 0.2) is 0 Å². The first-order valence-corrected chi connectivity index (χ1v) is 4.93. The van der Waals surface area contributed by atoms with Crippen molar-refractivity contribution in [2.45, 2.75) is 13.0 Å². The van der Waals surface area contributed by atoms with E-state index in [4.69, 9.17) is 9.84 Å². The van der Waals surface area contributed by atoms with E-state index in [2.05, 4.69) is 5.32 Å². The Labute approximate surface area is 88.2 Å². The lowest BCUT2D eigenvalue weighted by atomic mass is 10.3. The minimum Gasteiger partial charge on any atom is -0.480 e. The summed E-state index contributed by atoms with van der Waals surface area (Å²) < 4.78 is 5.11. The standard InChI is InChI=1S/C9H16N2O4/c1-7(9(13)14)10-6-8(12)11-2-4-15-5-3-11/h7,10H,2-6H2,1H3,(H,13,14)/t7-/m1/s1. The van der Waals surface area contributed by atoms with Gasteiger partial charge in [-0.3, -0.25) is 14.9 Å². The van der Waals surface area contributed by atoms with Gasteiger partial charge < -0.3 is 14.7 Å². The smallest absolute Gasteiger partial charge is 0.320 e. The number of carboxylic acid groups (broad SMARTS) is 1. The van der Waals surface area contributed by atoms with Gasteiger partial charge in [-0.05, 0) is 6.92 Å². The van der Waals surface area contributed by atoms with Crippen LogP contribution in [0.3, 0.4) is 0 Å². The van der Waals surface area contributed by atoms with Crippen LogP contribution in [0.4, 0.5) is 0 Å². The Morgan fingerprint density at radius 2 is 2.07 bits per heavy atom. The number of rotatable bonds is 4. The topological polar surface area (TPSA) is 78.9 Å². The molecule has 0 bridgehead atoms. The van der Waals surface area contributed by atoms with E-state index in [1.165, 1.54) is 6.92 Å². The van der Waals surface area contributed by atoms with Crippen molar-refractivity contribution in [3.8, 4) is 0 Å². The zero-order valence-electron chi connectivity index (χ0n) is 8.73. The quantitative estimate of drug-likeness (QED) is 0.624. The first-order valence-electron chi connectivity index (χ1n) is 4.93. The van der Waals surface area contributed by atoms with E-state index < -0.39 is 12.0 Å². The summed E-state index contributed by atoms with van der Waals surface area (Å²) in [6.45, 7) is 3.85. The molecule has 1 amide bonds. The molecule has 0 saturated carbocycles. The Hall–Kier alpha value is -1.14. The molecular weight excluding hydrogens is 200 g/mol. The zero-order chi connectivity index (χ0) is 11.3. The van der Waals surface area contributed by atoms with Crippen LogP contribution in [0.2, 0.25) is 0 Å². The highest BCUT2D eigenvalue weighted by molar-refractivity contribution is 5.80. The third-order valence-electron chi connectivity index (χ3n) is 2.29. The number of morpholine rings is 1. The first kappa shape index (κ1) is 11.9. The highest BCUT2D eigenvalue weighted by atomic mass is 16.5. The lowest BCUT2D eigenvalue weighted by Gasteiger charge is -2.27. The van der Waals surface area contributed by atoms with E-state index in [1.807, 2.05) is 0 Å². The van der Waals surface area contributed by atoms with Crippen LogP contribution in [0.1, 0.15) is 6.92 Å². The summed E-state index contributed by atoms with van der Waals surface area (Å²) in [7, 11) is 0.